The lowest BCUT2D eigenvalue weighted by atomic mass is 9.94. The minimum absolute atomic E-state index is 0.127. The Hall–Kier alpha value is -1.44. The van der Waals surface area contributed by atoms with E-state index in [1.165, 1.54) is 12.1 Å². The summed E-state index contributed by atoms with van der Waals surface area (Å²) in [6, 6.07) is 3.29. The van der Waals surface area contributed by atoms with Crippen LogP contribution in [-0.4, -0.2) is 0 Å². The molecule has 1 aliphatic rings. The summed E-state index contributed by atoms with van der Waals surface area (Å²) in [7, 11) is 0. The van der Waals surface area contributed by atoms with E-state index in [0.29, 0.717) is 18.4 Å². The topological polar surface area (TPSA) is 0 Å². The van der Waals surface area contributed by atoms with Crippen molar-refractivity contribution in [3.63, 3.8) is 0 Å². The fourth-order valence-electron chi connectivity index (χ4n) is 1.99. The zero-order valence-electron chi connectivity index (χ0n) is 9.48. The van der Waals surface area contributed by atoms with Crippen LogP contribution in [0.1, 0.15) is 29.5 Å². The highest BCUT2D eigenvalue weighted by atomic mass is 19.1. The molecule has 0 N–H and O–H groups in total. The Bertz CT molecular complexity index is 482. The van der Waals surface area contributed by atoms with E-state index in [-0.39, 0.29) is 11.6 Å². The molecule has 16 heavy (non-hydrogen) atoms. The summed E-state index contributed by atoms with van der Waals surface area (Å²) in [5.41, 5.74) is 3.19. The Morgan fingerprint density at radius 3 is 2.50 bits per heavy atom. The van der Waals surface area contributed by atoms with Gasteiger partial charge in [0.2, 0.25) is 0 Å². The maximum atomic E-state index is 13.5. The molecule has 2 rings (SSSR count). The number of halogens is 2. The van der Waals surface area contributed by atoms with E-state index >= 15 is 0 Å². The van der Waals surface area contributed by atoms with Crippen molar-refractivity contribution in [1.82, 2.24) is 0 Å². The lowest BCUT2D eigenvalue weighted by Crippen LogP contribution is -1.95. The van der Waals surface area contributed by atoms with Gasteiger partial charge in [0.1, 0.15) is 11.6 Å². The van der Waals surface area contributed by atoms with Gasteiger partial charge in [-0.15, -0.1) is 0 Å². The van der Waals surface area contributed by atoms with Crippen molar-refractivity contribution in [2.45, 2.75) is 26.7 Å². The van der Waals surface area contributed by atoms with Gasteiger partial charge >= 0.3 is 0 Å². The van der Waals surface area contributed by atoms with Crippen LogP contribution in [-0.2, 0) is 0 Å². The summed E-state index contributed by atoms with van der Waals surface area (Å²) in [5, 5.41) is 0. The minimum Gasteiger partial charge on any atom is -0.212 e. The average Bonchev–Trinajstić information content (AvgIpc) is 2.23. The molecular formula is C14H14F2. The SMILES string of the molecule is Cc1cc(C)c(C2=CCCC(F)=C2)cc1F. The molecule has 0 heterocycles. The molecule has 0 radical (unpaired) electrons. The van der Waals surface area contributed by atoms with Crippen LogP contribution in [0.15, 0.2) is 30.1 Å². The predicted octanol–water partition coefficient (Wildman–Crippen LogP) is 4.47. The van der Waals surface area contributed by atoms with Crippen LogP contribution in [0.5, 0.6) is 0 Å². The fraction of sp³-hybridized carbons (Fsp3) is 0.286. The number of hydrogen-bond acceptors (Lipinski definition) is 0. The van der Waals surface area contributed by atoms with E-state index in [0.717, 1.165) is 16.7 Å². The number of allylic oxidation sites excluding steroid dienone is 4. The van der Waals surface area contributed by atoms with Crippen LogP contribution in [0.4, 0.5) is 8.78 Å². The lowest BCUT2D eigenvalue weighted by Gasteiger charge is -2.12. The molecule has 0 aliphatic heterocycles. The van der Waals surface area contributed by atoms with Gasteiger partial charge in [-0.25, -0.2) is 8.78 Å². The van der Waals surface area contributed by atoms with Crippen molar-refractivity contribution >= 4 is 5.57 Å². The highest BCUT2D eigenvalue weighted by Gasteiger charge is 2.11. The molecule has 1 aliphatic carbocycles. The molecule has 1 aromatic carbocycles. The van der Waals surface area contributed by atoms with E-state index in [9.17, 15) is 8.78 Å². The van der Waals surface area contributed by atoms with Crippen molar-refractivity contribution < 1.29 is 8.78 Å². The monoisotopic (exact) mass is 220 g/mol. The summed E-state index contributed by atoms with van der Waals surface area (Å²) in [5.74, 6) is -0.362. The maximum absolute atomic E-state index is 13.5. The third kappa shape index (κ3) is 2.06. The van der Waals surface area contributed by atoms with Crippen molar-refractivity contribution in [3.8, 4) is 0 Å². The summed E-state index contributed by atoms with van der Waals surface area (Å²) < 4.78 is 26.6. The quantitative estimate of drug-likeness (QED) is 0.654. The molecule has 0 nitrogen and oxygen atoms in total. The van der Waals surface area contributed by atoms with E-state index in [1.54, 1.807) is 13.0 Å². The van der Waals surface area contributed by atoms with Gasteiger partial charge < -0.3 is 0 Å². The van der Waals surface area contributed by atoms with Crippen molar-refractivity contribution in [3.05, 3.63) is 52.6 Å². The van der Waals surface area contributed by atoms with E-state index in [4.69, 9.17) is 0 Å². The molecular weight excluding hydrogens is 206 g/mol. The van der Waals surface area contributed by atoms with Crippen molar-refractivity contribution in [2.24, 2.45) is 0 Å². The molecule has 0 unspecified atom stereocenters. The first kappa shape index (κ1) is 11.1. The van der Waals surface area contributed by atoms with Gasteiger partial charge in [-0.1, -0.05) is 12.1 Å². The number of aryl methyl sites for hydroxylation is 2. The van der Waals surface area contributed by atoms with E-state index in [2.05, 4.69) is 0 Å². The summed E-state index contributed by atoms with van der Waals surface area (Å²) in [6.07, 6.45) is 4.60. The third-order valence-electron chi connectivity index (χ3n) is 2.88. The van der Waals surface area contributed by atoms with Gasteiger partial charge in [-0.2, -0.15) is 0 Å². The third-order valence-corrected chi connectivity index (χ3v) is 2.88. The van der Waals surface area contributed by atoms with E-state index in [1.807, 2.05) is 13.0 Å². The van der Waals surface area contributed by atoms with Crippen LogP contribution in [0.3, 0.4) is 0 Å². The second kappa shape index (κ2) is 4.20. The maximum Gasteiger partial charge on any atom is 0.126 e. The second-order valence-corrected chi connectivity index (χ2v) is 4.21. The van der Waals surface area contributed by atoms with Crippen molar-refractivity contribution in [1.29, 1.82) is 0 Å². The Labute approximate surface area is 94.3 Å². The summed E-state index contributed by atoms with van der Waals surface area (Å²) in [4.78, 5) is 0. The molecule has 84 valence electrons. The zero-order valence-corrected chi connectivity index (χ0v) is 9.48. The Balaban J connectivity index is 2.49. The van der Waals surface area contributed by atoms with Crippen LogP contribution < -0.4 is 0 Å². The first-order valence-corrected chi connectivity index (χ1v) is 5.41. The van der Waals surface area contributed by atoms with Crippen LogP contribution in [0, 0.1) is 19.7 Å². The van der Waals surface area contributed by atoms with Crippen LogP contribution in [0.25, 0.3) is 5.57 Å². The first-order valence-electron chi connectivity index (χ1n) is 5.41. The Kier molecular flexibility index (Phi) is 2.90. The zero-order chi connectivity index (χ0) is 11.7. The first-order chi connectivity index (χ1) is 7.58. The van der Waals surface area contributed by atoms with Crippen LogP contribution in [0.2, 0.25) is 0 Å². The van der Waals surface area contributed by atoms with Gasteiger partial charge in [0.05, 0.1) is 0 Å². The molecule has 0 saturated carbocycles. The molecule has 2 heteroatoms. The number of rotatable bonds is 1. The molecule has 0 atom stereocenters. The molecule has 0 aromatic heterocycles. The van der Waals surface area contributed by atoms with E-state index < -0.39 is 0 Å². The van der Waals surface area contributed by atoms with Gasteiger partial charge in [-0.05, 0) is 54.7 Å². The lowest BCUT2D eigenvalue weighted by molar-refractivity contribution is 0.589. The van der Waals surface area contributed by atoms with Gasteiger partial charge in [0, 0.05) is 6.42 Å². The summed E-state index contributed by atoms with van der Waals surface area (Å²) >= 11 is 0. The molecule has 0 saturated heterocycles. The predicted molar refractivity (Wildman–Crippen MR) is 62.3 cm³/mol. The van der Waals surface area contributed by atoms with Gasteiger partial charge in [-0.3, -0.25) is 0 Å². The normalized spacial score (nSPS) is 15.8. The second-order valence-electron chi connectivity index (χ2n) is 4.21. The molecule has 0 fully saturated rings. The molecule has 1 aromatic rings. The fourth-order valence-corrected chi connectivity index (χ4v) is 1.99. The highest BCUT2D eigenvalue weighted by molar-refractivity contribution is 5.77. The Morgan fingerprint density at radius 2 is 1.81 bits per heavy atom. The average molecular weight is 220 g/mol. The number of benzene rings is 1. The Morgan fingerprint density at radius 1 is 1.06 bits per heavy atom. The highest BCUT2D eigenvalue weighted by Crippen LogP contribution is 2.29. The standard InChI is InChI=1S/C14H14F2/c1-9-6-10(2)14(16)8-13(9)11-4-3-5-12(15)7-11/h4,6-8H,3,5H2,1-2H3. The van der Waals surface area contributed by atoms with Gasteiger partial charge in [0.25, 0.3) is 0 Å². The van der Waals surface area contributed by atoms with Gasteiger partial charge in [0.15, 0.2) is 0 Å². The summed E-state index contributed by atoms with van der Waals surface area (Å²) in [6.45, 7) is 3.65. The van der Waals surface area contributed by atoms with Crippen molar-refractivity contribution in [2.75, 3.05) is 0 Å². The molecule has 0 amide bonds. The number of hydrogen-bond donors (Lipinski definition) is 0. The minimum atomic E-state index is -0.235. The van der Waals surface area contributed by atoms with Crippen LogP contribution >= 0.6 is 0 Å². The molecule has 0 bridgehead atoms. The smallest absolute Gasteiger partial charge is 0.126 e. The largest absolute Gasteiger partial charge is 0.212 e. The molecule has 0 spiro atoms.